The monoisotopic (exact) mass is 321 g/mol. The maximum Gasteiger partial charge on any atom is 0.244 e. The van der Waals surface area contributed by atoms with Gasteiger partial charge in [0.05, 0.1) is 6.20 Å². The molecule has 0 atom stereocenters. The predicted octanol–water partition coefficient (Wildman–Crippen LogP) is 2.63. The third-order valence-electron chi connectivity index (χ3n) is 3.00. The quantitative estimate of drug-likeness (QED) is 0.692. The molecule has 1 aromatic heterocycles. The van der Waals surface area contributed by atoms with Gasteiger partial charge in [0.25, 0.3) is 0 Å². The minimum Gasteiger partial charge on any atom is -0.385 e. The second kappa shape index (κ2) is 9.17. The van der Waals surface area contributed by atoms with E-state index in [1.54, 1.807) is 13.3 Å². The number of methoxy groups -OCH3 is 1. The molecule has 0 spiro atoms. The van der Waals surface area contributed by atoms with E-state index < -0.39 is 0 Å². The van der Waals surface area contributed by atoms with Gasteiger partial charge in [0, 0.05) is 31.8 Å². The van der Waals surface area contributed by atoms with Crippen LogP contribution in [0.25, 0.3) is 0 Å². The molecule has 2 aromatic rings. The Bertz CT molecular complexity index is 564. The standard InChI is InChI=1S/C15H20ClN5O/c1-22-10-2-8-17-14-11-19-21-15(20-14)18-9-7-12-3-5-13(16)6-4-12/h3-6,11H,2,7-10H2,1H3,(H2,17,18,20,21). The first-order chi connectivity index (χ1) is 10.8. The molecule has 0 bridgehead atoms. The molecular weight excluding hydrogens is 302 g/mol. The lowest BCUT2D eigenvalue weighted by atomic mass is 10.1. The molecule has 0 amide bonds. The largest absolute Gasteiger partial charge is 0.385 e. The van der Waals surface area contributed by atoms with Crippen LogP contribution < -0.4 is 10.6 Å². The zero-order chi connectivity index (χ0) is 15.6. The van der Waals surface area contributed by atoms with Gasteiger partial charge >= 0.3 is 0 Å². The molecule has 0 aliphatic carbocycles. The highest BCUT2D eigenvalue weighted by molar-refractivity contribution is 6.30. The van der Waals surface area contributed by atoms with E-state index in [1.165, 1.54) is 5.56 Å². The predicted molar refractivity (Wildman–Crippen MR) is 88.5 cm³/mol. The van der Waals surface area contributed by atoms with Gasteiger partial charge in [-0.3, -0.25) is 0 Å². The molecule has 7 heteroatoms. The van der Waals surface area contributed by atoms with Crippen LogP contribution >= 0.6 is 11.6 Å². The number of hydrogen-bond acceptors (Lipinski definition) is 6. The fourth-order valence-corrected chi connectivity index (χ4v) is 1.99. The molecule has 0 saturated carbocycles. The summed E-state index contributed by atoms with van der Waals surface area (Å²) in [5, 5.41) is 15.0. The van der Waals surface area contributed by atoms with Gasteiger partial charge in [0.1, 0.15) is 0 Å². The van der Waals surface area contributed by atoms with E-state index in [-0.39, 0.29) is 0 Å². The van der Waals surface area contributed by atoms with Gasteiger partial charge in [0.2, 0.25) is 5.95 Å². The maximum atomic E-state index is 5.86. The molecule has 6 nitrogen and oxygen atoms in total. The molecule has 0 aliphatic heterocycles. The van der Waals surface area contributed by atoms with Gasteiger partial charge in [-0.25, -0.2) is 0 Å². The lowest BCUT2D eigenvalue weighted by Crippen LogP contribution is -2.11. The molecule has 0 saturated heterocycles. The Morgan fingerprint density at radius 3 is 2.73 bits per heavy atom. The van der Waals surface area contributed by atoms with Crippen LogP contribution in [0.3, 0.4) is 0 Å². The van der Waals surface area contributed by atoms with Crippen molar-refractivity contribution in [3.05, 3.63) is 41.0 Å². The minimum atomic E-state index is 0.519. The molecule has 2 rings (SSSR count). The Labute approximate surface area is 135 Å². The lowest BCUT2D eigenvalue weighted by Gasteiger charge is -2.07. The van der Waals surface area contributed by atoms with Crippen molar-refractivity contribution in [1.82, 2.24) is 15.2 Å². The number of benzene rings is 1. The van der Waals surface area contributed by atoms with E-state index in [0.717, 1.165) is 37.6 Å². The van der Waals surface area contributed by atoms with Gasteiger partial charge < -0.3 is 15.4 Å². The molecule has 0 aliphatic rings. The Morgan fingerprint density at radius 1 is 1.14 bits per heavy atom. The summed E-state index contributed by atoms with van der Waals surface area (Å²) in [5.41, 5.74) is 1.21. The first-order valence-electron chi connectivity index (χ1n) is 7.19. The van der Waals surface area contributed by atoms with E-state index in [1.807, 2.05) is 24.3 Å². The van der Waals surface area contributed by atoms with Gasteiger partial charge in [-0.2, -0.15) is 10.1 Å². The summed E-state index contributed by atoms with van der Waals surface area (Å²) >= 11 is 5.86. The topological polar surface area (TPSA) is 72.0 Å². The molecule has 0 radical (unpaired) electrons. The fourth-order valence-electron chi connectivity index (χ4n) is 1.87. The molecule has 22 heavy (non-hydrogen) atoms. The number of hydrogen-bond donors (Lipinski definition) is 2. The zero-order valence-electron chi connectivity index (χ0n) is 12.6. The fraction of sp³-hybridized carbons (Fsp3) is 0.400. The molecule has 1 aromatic carbocycles. The van der Waals surface area contributed by atoms with E-state index in [2.05, 4.69) is 25.8 Å². The third-order valence-corrected chi connectivity index (χ3v) is 3.25. The van der Waals surface area contributed by atoms with Gasteiger partial charge in [-0.15, -0.1) is 5.10 Å². The van der Waals surface area contributed by atoms with Crippen molar-refractivity contribution in [2.45, 2.75) is 12.8 Å². The van der Waals surface area contributed by atoms with E-state index in [9.17, 15) is 0 Å². The van der Waals surface area contributed by atoms with Crippen molar-refractivity contribution >= 4 is 23.4 Å². The number of nitrogens with zero attached hydrogens (tertiary/aromatic N) is 3. The number of ether oxygens (including phenoxy) is 1. The average Bonchev–Trinajstić information content (AvgIpc) is 2.54. The Hall–Kier alpha value is -1.92. The number of anilines is 2. The first kappa shape index (κ1) is 16.5. The maximum absolute atomic E-state index is 5.86. The second-order valence-corrected chi connectivity index (χ2v) is 5.18. The Morgan fingerprint density at radius 2 is 1.95 bits per heavy atom. The van der Waals surface area contributed by atoms with Crippen LogP contribution in [0.5, 0.6) is 0 Å². The highest BCUT2D eigenvalue weighted by Gasteiger charge is 2.00. The number of aromatic nitrogens is 3. The Kier molecular flexibility index (Phi) is 6.86. The average molecular weight is 322 g/mol. The summed E-state index contributed by atoms with van der Waals surface area (Å²) < 4.78 is 5.00. The van der Waals surface area contributed by atoms with E-state index in [0.29, 0.717) is 11.8 Å². The SMILES string of the molecule is COCCCNc1cnnc(NCCc2ccc(Cl)cc2)n1. The Balaban J connectivity index is 1.76. The highest BCUT2D eigenvalue weighted by atomic mass is 35.5. The van der Waals surface area contributed by atoms with Crippen molar-refractivity contribution in [3.8, 4) is 0 Å². The van der Waals surface area contributed by atoms with Crippen molar-refractivity contribution < 1.29 is 4.74 Å². The van der Waals surface area contributed by atoms with Crippen molar-refractivity contribution in [2.75, 3.05) is 37.4 Å². The number of halogens is 1. The molecule has 2 N–H and O–H groups in total. The van der Waals surface area contributed by atoms with Crippen LogP contribution in [0.1, 0.15) is 12.0 Å². The number of rotatable bonds is 9. The summed E-state index contributed by atoms with van der Waals surface area (Å²) in [6.07, 6.45) is 3.39. The smallest absolute Gasteiger partial charge is 0.244 e. The van der Waals surface area contributed by atoms with Crippen molar-refractivity contribution in [3.63, 3.8) is 0 Å². The van der Waals surface area contributed by atoms with Crippen molar-refractivity contribution in [1.29, 1.82) is 0 Å². The molecule has 0 unspecified atom stereocenters. The van der Waals surface area contributed by atoms with Crippen LogP contribution in [0.4, 0.5) is 11.8 Å². The van der Waals surface area contributed by atoms with Gasteiger partial charge in [-0.1, -0.05) is 23.7 Å². The third kappa shape index (κ3) is 5.83. The van der Waals surface area contributed by atoms with Crippen LogP contribution in [0.15, 0.2) is 30.5 Å². The molecule has 118 valence electrons. The summed E-state index contributed by atoms with van der Waals surface area (Å²) in [4.78, 5) is 4.36. The summed E-state index contributed by atoms with van der Waals surface area (Å²) in [6.45, 7) is 2.24. The van der Waals surface area contributed by atoms with Crippen LogP contribution in [0.2, 0.25) is 5.02 Å². The summed E-state index contributed by atoms with van der Waals surface area (Å²) in [5.74, 6) is 1.23. The first-order valence-corrected chi connectivity index (χ1v) is 7.56. The molecular formula is C15H20ClN5O. The zero-order valence-corrected chi connectivity index (χ0v) is 13.3. The lowest BCUT2D eigenvalue weighted by molar-refractivity contribution is 0.197. The van der Waals surface area contributed by atoms with Gasteiger partial charge in [0.15, 0.2) is 5.82 Å². The second-order valence-electron chi connectivity index (χ2n) is 4.74. The van der Waals surface area contributed by atoms with E-state index >= 15 is 0 Å². The molecule has 0 fully saturated rings. The van der Waals surface area contributed by atoms with Crippen LogP contribution in [-0.2, 0) is 11.2 Å². The van der Waals surface area contributed by atoms with Gasteiger partial charge in [-0.05, 0) is 30.5 Å². The normalized spacial score (nSPS) is 10.5. The highest BCUT2D eigenvalue weighted by Crippen LogP contribution is 2.10. The summed E-state index contributed by atoms with van der Waals surface area (Å²) in [7, 11) is 1.69. The summed E-state index contributed by atoms with van der Waals surface area (Å²) in [6, 6.07) is 7.80. The molecule has 1 heterocycles. The van der Waals surface area contributed by atoms with Crippen molar-refractivity contribution in [2.24, 2.45) is 0 Å². The van der Waals surface area contributed by atoms with E-state index in [4.69, 9.17) is 16.3 Å². The van der Waals surface area contributed by atoms with Crippen LogP contribution in [0, 0.1) is 0 Å². The van der Waals surface area contributed by atoms with Crippen LogP contribution in [-0.4, -0.2) is 42.0 Å². The minimum absolute atomic E-state index is 0.519. The number of nitrogens with one attached hydrogen (secondary N) is 2.